The molecule has 0 spiro atoms. The minimum absolute atomic E-state index is 0.0480. The number of nitrogens with zero attached hydrogens (tertiary/aromatic N) is 2. The summed E-state index contributed by atoms with van der Waals surface area (Å²) in [7, 11) is 0. The quantitative estimate of drug-likeness (QED) is 0.781. The van der Waals surface area contributed by atoms with Crippen molar-refractivity contribution in [3.8, 4) is 0 Å². The van der Waals surface area contributed by atoms with Crippen LogP contribution in [0.5, 0.6) is 0 Å². The van der Waals surface area contributed by atoms with Crippen LogP contribution in [0.4, 0.5) is 5.69 Å². The number of para-hydroxylation sites is 1. The van der Waals surface area contributed by atoms with Crippen molar-refractivity contribution < 1.29 is 14.3 Å². The second kappa shape index (κ2) is 7.61. The molecule has 1 aliphatic rings. The van der Waals surface area contributed by atoms with E-state index >= 15 is 0 Å². The lowest BCUT2D eigenvalue weighted by Crippen LogP contribution is -2.57. The number of hydrogen-bond acceptors (Lipinski definition) is 3. The number of carbonyl (C=O) groups is 2. The van der Waals surface area contributed by atoms with Crippen molar-refractivity contribution in [3.05, 3.63) is 29.3 Å². The van der Waals surface area contributed by atoms with Crippen LogP contribution in [0, 0.1) is 0 Å². The highest BCUT2D eigenvalue weighted by Gasteiger charge is 2.33. The highest BCUT2D eigenvalue weighted by atomic mass is 35.5. The van der Waals surface area contributed by atoms with Crippen molar-refractivity contribution in [1.82, 2.24) is 4.90 Å². The summed E-state index contributed by atoms with van der Waals surface area (Å²) in [6.45, 7) is 5.33. The number of halogens is 1. The van der Waals surface area contributed by atoms with Crippen LogP contribution in [0.15, 0.2) is 24.3 Å². The number of piperazine rings is 1. The minimum Gasteiger partial charge on any atom is -0.381 e. The lowest BCUT2D eigenvalue weighted by Gasteiger charge is -2.39. The van der Waals surface area contributed by atoms with Gasteiger partial charge >= 0.3 is 0 Å². The third-order valence-electron chi connectivity index (χ3n) is 3.71. The monoisotopic (exact) mass is 324 g/mol. The molecule has 1 aromatic rings. The zero-order valence-electron chi connectivity index (χ0n) is 12.9. The van der Waals surface area contributed by atoms with E-state index in [1.807, 2.05) is 32.0 Å². The number of amides is 2. The number of ether oxygens (including phenoxy) is 1. The van der Waals surface area contributed by atoms with Crippen molar-refractivity contribution in [1.29, 1.82) is 0 Å². The Hall–Kier alpha value is -1.59. The maximum Gasteiger partial charge on any atom is 0.246 e. The molecule has 0 N–H and O–H groups in total. The average Bonchev–Trinajstić information content (AvgIpc) is 2.50. The minimum atomic E-state index is -0.115. The first-order valence-electron chi connectivity index (χ1n) is 7.46. The maximum absolute atomic E-state index is 12.4. The Labute approximate surface area is 135 Å². The van der Waals surface area contributed by atoms with E-state index in [0.717, 1.165) is 0 Å². The molecule has 1 atom stereocenters. The second-order valence-electron chi connectivity index (χ2n) is 5.27. The molecule has 0 bridgehead atoms. The molecular formula is C16H21ClN2O3. The summed E-state index contributed by atoms with van der Waals surface area (Å²) >= 11 is 6.16. The van der Waals surface area contributed by atoms with Gasteiger partial charge in [-0.05, 0) is 26.0 Å². The van der Waals surface area contributed by atoms with Gasteiger partial charge < -0.3 is 14.5 Å². The Morgan fingerprint density at radius 2 is 2.14 bits per heavy atom. The van der Waals surface area contributed by atoms with Crippen LogP contribution in [-0.2, 0) is 14.3 Å². The molecule has 6 heteroatoms. The van der Waals surface area contributed by atoms with Gasteiger partial charge in [-0.1, -0.05) is 23.7 Å². The SMILES string of the molecule is CCOCCC(=O)N1CC(=O)N(c2ccccc2Cl)C[C@@H]1C. The first kappa shape index (κ1) is 16.8. The average molecular weight is 325 g/mol. The molecule has 120 valence electrons. The van der Waals surface area contributed by atoms with Crippen molar-refractivity contribution >= 4 is 29.1 Å². The number of hydrogen-bond donors (Lipinski definition) is 0. The number of carbonyl (C=O) groups excluding carboxylic acids is 2. The summed E-state index contributed by atoms with van der Waals surface area (Å²) < 4.78 is 5.20. The molecule has 1 aromatic carbocycles. The van der Waals surface area contributed by atoms with Gasteiger partial charge in [0.15, 0.2) is 0 Å². The molecule has 0 aliphatic carbocycles. The van der Waals surface area contributed by atoms with E-state index in [4.69, 9.17) is 16.3 Å². The predicted octanol–water partition coefficient (Wildman–Crippen LogP) is 2.33. The van der Waals surface area contributed by atoms with E-state index < -0.39 is 0 Å². The summed E-state index contributed by atoms with van der Waals surface area (Å²) in [4.78, 5) is 27.8. The number of benzene rings is 1. The summed E-state index contributed by atoms with van der Waals surface area (Å²) in [5.41, 5.74) is 0.697. The smallest absolute Gasteiger partial charge is 0.246 e. The summed E-state index contributed by atoms with van der Waals surface area (Å²) in [5.74, 6) is -0.163. The largest absolute Gasteiger partial charge is 0.381 e. The lowest BCUT2D eigenvalue weighted by atomic mass is 10.1. The van der Waals surface area contributed by atoms with Gasteiger partial charge in [0, 0.05) is 19.2 Å². The van der Waals surface area contributed by atoms with Gasteiger partial charge in [-0.2, -0.15) is 0 Å². The fourth-order valence-electron chi connectivity index (χ4n) is 2.54. The molecule has 2 amide bonds. The van der Waals surface area contributed by atoms with Crippen LogP contribution in [0.2, 0.25) is 5.02 Å². The van der Waals surface area contributed by atoms with Gasteiger partial charge in [-0.3, -0.25) is 9.59 Å². The predicted molar refractivity (Wildman–Crippen MR) is 86.1 cm³/mol. The van der Waals surface area contributed by atoms with E-state index in [-0.39, 0.29) is 24.4 Å². The molecular weight excluding hydrogens is 304 g/mol. The molecule has 1 fully saturated rings. The fourth-order valence-corrected chi connectivity index (χ4v) is 2.77. The zero-order chi connectivity index (χ0) is 16.1. The van der Waals surface area contributed by atoms with E-state index in [1.165, 1.54) is 0 Å². The van der Waals surface area contributed by atoms with Crippen LogP contribution in [0.25, 0.3) is 0 Å². The molecule has 1 aliphatic heterocycles. The van der Waals surface area contributed by atoms with Gasteiger partial charge in [0.1, 0.15) is 6.54 Å². The highest BCUT2D eigenvalue weighted by Crippen LogP contribution is 2.28. The molecule has 5 nitrogen and oxygen atoms in total. The molecule has 22 heavy (non-hydrogen) atoms. The van der Waals surface area contributed by atoms with Gasteiger partial charge in [0.05, 0.1) is 23.7 Å². The van der Waals surface area contributed by atoms with Crippen molar-refractivity contribution in [2.75, 3.05) is 31.2 Å². The van der Waals surface area contributed by atoms with Crippen LogP contribution in [0.3, 0.4) is 0 Å². The highest BCUT2D eigenvalue weighted by molar-refractivity contribution is 6.33. The molecule has 1 heterocycles. The molecule has 1 saturated heterocycles. The molecule has 2 rings (SSSR count). The Kier molecular flexibility index (Phi) is 5.80. The van der Waals surface area contributed by atoms with Crippen LogP contribution in [0.1, 0.15) is 20.3 Å². The van der Waals surface area contributed by atoms with Crippen molar-refractivity contribution in [2.45, 2.75) is 26.3 Å². The van der Waals surface area contributed by atoms with Gasteiger partial charge in [0.2, 0.25) is 11.8 Å². The molecule has 0 unspecified atom stereocenters. The molecule has 0 aromatic heterocycles. The first-order valence-corrected chi connectivity index (χ1v) is 7.84. The topological polar surface area (TPSA) is 49.9 Å². The Morgan fingerprint density at radius 1 is 1.41 bits per heavy atom. The van der Waals surface area contributed by atoms with Crippen molar-refractivity contribution in [2.24, 2.45) is 0 Å². The Bertz CT molecular complexity index is 550. The maximum atomic E-state index is 12.4. The third-order valence-corrected chi connectivity index (χ3v) is 4.03. The van der Waals surface area contributed by atoms with Crippen LogP contribution < -0.4 is 4.90 Å². The van der Waals surface area contributed by atoms with Crippen LogP contribution in [-0.4, -0.2) is 49.1 Å². The first-order chi connectivity index (χ1) is 10.5. The zero-order valence-corrected chi connectivity index (χ0v) is 13.7. The van der Waals surface area contributed by atoms with Crippen molar-refractivity contribution in [3.63, 3.8) is 0 Å². The van der Waals surface area contributed by atoms with E-state index in [1.54, 1.807) is 15.9 Å². The number of anilines is 1. The Balaban J connectivity index is 2.04. The molecule has 0 saturated carbocycles. The normalized spacial score (nSPS) is 18.7. The summed E-state index contributed by atoms with van der Waals surface area (Å²) in [6, 6.07) is 7.20. The molecule has 0 radical (unpaired) electrons. The van der Waals surface area contributed by atoms with E-state index in [2.05, 4.69) is 0 Å². The Morgan fingerprint density at radius 3 is 2.82 bits per heavy atom. The van der Waals surface area contributed by atoms with Crippen LogP contribution >= 0.6 is 11.6 Å². The van der Waals surface area contributed by atoms with Gasteiger partial charge in [-0.15, -0.1) is 0 Å². The third kappa shape index (κ3) is 3.78. The second-order valence-corrected chi connectivity index (χ2v) is 5.68. The van der Waals surface area contributed by atoms with Gasteiger partial charge in [-0.25, -0.2) is 0 Å². The van der Waals surface area contributed by atoms with Gasteiger partial charge in [0.25, 0.3) is 0 Å². The van der Waals surface area contributed by atoms with E-state index in [9.17, 15) is 9.59 Å². The summed E-state index contributed by atoms with van der Waals surface area (Å²) in [5, 5.41) is 0.541. The number of rotatable bonds is 5. The lowest BCUT2D eigenvalue weighted by molar-refractivity contribution is -0.140. The van der Waals surface area contributed by atoms with E-state index in [0.29, 0.717) is 36.9 Å². The summed E-state index contributed by atoms with van der Waals surface area (Å²) in [6.07, 6.45) is 0.303. The fraction of sp³-hybridized carbons (Fsp3) is 0.500. The standard InChI is InChI=1S/C16H21ClN2O3/c1-3-22-9-8-15(20)18-11-16(21)19(10-12(18)2)14-7-5-4-6-13(14)17/h4-7,12H,3,8-11H2,1-2H3/t12-/m0/s1.